The molecule has 0 unspecified atom stereocenters. The van der Waals surface area contributed by atoms with Gasteiger partial charge in [0.1, 0.15) is 23.7 Å². The van der Waals surface area contributed by atoms with Crippen molar-refractivity contribution in [3.8, 4) is 0 Å². The third-order valence-electron chi connectivity index (χ3n) is 16.2. The van der Waals surface area contributed by atoms with Crippen molar-refractivity contribution in [1.29, 1.82) is 0 Å². The van der Waals surface area contributed by atoms with Crippen LogP contribution in [0.25, 0.3) is 11.0 Å². The summed E-state index contributed by atoms with van der Waals surface area (Å²) >= 11 is 0. The minimum Gasteiger partial charge on any atom is -0.467 e. The first kappa shape index (κ1) is 36.1. The van der Waals surface area contributed by atoms with Crippen LogP contribution >= 0.6 is 0 Å². The molecule has 1 aromatic carbocycles. The molecule has 5 aliphatic carbocycles. The highest BCUT2D eigenvalue weighted by molar-refractivity contribution is 5.80. The minimum absolute atomic E-state index is 0.00734. The van der Waals surface area contributed by atoms with E-state index in [0.717, 1.165) is 64.2 Å². The molecule has 0 N–H and O–H groups in total. The maximum Gasteiger partial charge on any atom is 0.341 e. The molecule has 7 rings (SSSR count). The van der Waals surface area contributed by atoms with Crippen molar-refractivity contribution < 1.29 is 28.7 Å². The molecule has 5 saturated carbocycles. The Balaban J connectivity index is 1.16. The summed E-state index contributed by atoms with van der Waals surface area (Å²) in [7, 11) is 0. The second kappa shape index (κ2) is 12.2. The number of para-hydroxylation sites is 1. The lowest BCUT2D eigenvalue weighted by Crippen LogP contribution is -2.67. The quantitative estimate of drug-likeness (QED) is 0.117. The third kappa shape index (κ3) is 5.16. The Labute approximate surface area is 303 Å². The Kier molecular flexibility index (Phi) is 8.62. The molecule has 5 fully saturated rings. The molecular formula is C42H59N3O6. The Bertz CT molecular complexity index is 1730. The fourth-order valence-electron chi connectivity index (χ4n) is 13.4. The van der Waals surface area contributed by atoms with Crippen molar-refractivity contribution in [3.63, 3.8) is 0 Å². The van der Waals surface area contributed by atoms with Gasteiger partial charge in [0, 0.05) is 5.41 Å². The number of benzene rings is 1. The zero-order chi connectivity index (χ0) is 36.8. The summed E-state index contributed by atoms with van der Waals surface area (Å²) in [6, 6.07) is 7.61. The summed E-state index contributed by atoms with van der Waals surface area (Å²) in [6.45, 7) is 23.0. The van der Waals surface area contributed by atoms with E-state index >= 15 is 0 Å². The van der Waals surface area contributed by atoms with Crippen LogP contribution in [0.1, 0.15) is 120 Å². The predicted molar refractivity (Wildman–Crippen MR) is 194 cm³/mol. The SMILES string of the molecule is C=C(C)[C@@H]1CC[C@]2(C(=O)On3nnc4ccccc43)CC[C@]3(C)[C@H](CC[C@@H]4[C@@]5(C)CC[C@H](OC(=O)C(C)(C)COC=O)C(C)(C)[C@@H]5CC[C@]43C)[C@@H]12. The number of hydrogen-bond acceptors (Lipinski definition) is 8. The predicted octanol–water partition coefficient (Wildman–Crippen LogP) is 8.16. The number of fused-ring (bicyclic) bond motifs is 8. The summed E-state index contributed by atoms with van der Waals surface area (Å²) < 4.78 is 11.3. The Morgan fingerprint density at radius 1 is 0.941 bits per heavy atom. The number of carbonyl (C=O) groups is 3. The molecule has 51 heavy (non-hydrogen) atoms. The van der Waals surface area contributed by atoms with E-state index < -0.39 is 10.8 Å². The molecule has 0 amide bonds. The molecule has 0 spiro atoms. The van der Waals surface area contributed by atoms with E-state index in [9.17, 15) is 14.4 Å². The third-order valence-corrected chi connectivity index (χ3v) is 16.2. The average Bonchev–Trinajstić information content (AvgIpc) is 3.68. The molecule has 1 aromatic heterocycles. The zero-order valence-electron chi connectivity index (χ0n) is 32.1. The lowest BCUT2D eigenvalue weighted by Gasteiger charge is -2.72. The van der Waals surface area contributed by atoms with Crippen molar-refractivity contribution in [2.75, 3.05) is 6.61 Å². The Hall–Kier alpha value is -3.23. The number of esters is 1. The largest absolute Gasteiger partial charge is 0.467 e. The average molecular weight is 702 g/mol. The lowest BCUT2D eigenvalue weighted by atomic mass is 9.32. The normalized spacial score (nSPS) is 39.8. The Morgan fingerprint density at radius 3 is 2.41 bits per heavy atom. The van der Waals surface area contributed by atoms with Gasteiger partial charge in [0.2, 0.25) is 0 Å². The van der Waals surface area contributed by atoms with Gasteiger partial charge in [-0.05, 0) is 148 Å². The van der Waals surface area contributed by atoms with Crippen LogP contribution in [0, 0.1) is 62.1 Å². The van der Waals surface area contributed by atoms with Gasteiger partial charge in [0.15, 0.2) is 0 Å². The molecule has 0 bridgehead atoms. The van der Waals surface area contributed by atoms with Gasteiger partial charge in [-0.2, -0.15) is 0 Å². The maximum absolute atomic E-state index is 14.6. The number of nitrogens with zero attached hydrogens (tertiary/aromatic N) is 3. The maximum atomic E-state index is 14.6. The van der Waals surface area contributed by atoms with Crippen LogP contribution in [-0.4, -0.2) is 46.3 Å². The molecule has 9 heteroatoms. The van der Waals surface area contributed by atoms with Crippen molar-refractivity contribution >= 4 is 29.4 Å². The van der Waals surface area contributed by atoms with Crippen molar-refractivity contribution in [1.82, 2.24) is 15.2 Å². The molecule has 0 radical (unpaired) electrons. The van der Waals surface area contributed by atoms with Crippen LogP contribution in [-0.2, 0) is 23.9 Å². The van der Waals surface area contributed by atoms with E-state index in [-0.39, 0.29) is 58.1 Å². The molecule has 9 nitrogen and oxygen atoms in total. The topological polar surface area (TPSA) is 110 Å². The van der Waals surface area contributed by atoms with Crippen LogP contribution < -0.4 is 4.84 Å². The molecule has 0 saturated heterocycles. The van der Waals surface area contributed by atoms with Crippen molar-refractivity contribution in [3.05, 3.63) is 36.4 Å². The van der Waals surface area contributed by atoms with Crippen molar-refractivity contribution in [2.24, 2.45) is 62.1 Å². The molecule has 2 aromatic rings. The second-order valence-corrected chi connectivity index (χ2v) is 19.2. The first-order chi connectivity index (χ1) is 24.0. The van der Waals surface area contributed by atoms with E-state index in [4.69, 9.17) is 14.3 Å². The van der Waals surface area contributed by atoms with Gasteiger partial charge in [0.05, 0.1) is 10.8 Å². The van der Waals surface area contributed by atoms with Gasteiger partial charge >= 0.3 is 11.9 Å². The summed E-state index contributed by atoms with van der Waals surface area (Å²) in [4.78, 5) is 46.3. The standard InChI is InChI=1S/C42H59N3O6/c1-26(2)27-16-21-42(36(48)51-45-30-13-11-10-12-29(30)43-44-45)23-22-40(8)28(34(27)42)14-15-32-39(7)19-18-33(50-35(47)37(3,4)24-49-25-46)38(5,6)31(39)17-20-41(32,40)9/h10-13,25,27-28,31-34H,1,14-24H2,2-9H3/t27-,28+,31-,32+,33-,34+,39-,40+,41+,42-/m0/s1. The summed E-state index contributed by atoms with van der Waals surface area (Å²) in [6.07, 6.45) is 9.71. The monoisotopic (exact) mass is 701 g/mol. The molecule has 5 aliphatic rings. The number of rotatable bonds is 8. The van der Waals surface area contributed by atoms with E-state index in [1.807, 2.05) is 24.3 Å². The highest BCUT2D eigenvalue weighted by Crippen LogP contribution is 2.77. The van der Waals surface area contributed by atoms with Gasteiger partial charge in [-0.25, -0.2) is 4.79 Å². The highest BCUT2D eigenvalue weighted by Gasteiger charge is 2.72. The number of ether oxygens (including phenoxy) is 2. The Morgan fingerprint density at radius 2 is 1.69 bits per heavy atom. The zero-order valence-corrected chi connectivity index (χ0v) is 32.1. The molecular weight excluding hydrogens is 642 g/mol. The molecule has 0 aliphatic heterocycles. The van der Waals surface area contributed by atoms with E-state index in [1.54, 1.807) is 13.8 Å². The van der Waals surface area contributed by atoms with Gasteiger partial charge in [-0.3, -0.25) is 9.59 Å². The highest BCUT2D eigenvalue weighted by atomic mass is 16.7. The number of allylic oxidation sites excluding steroid dienone is 1. The van der Waals surface area contributed by atoms with Crippen molar-refractivity contribution in [2.45, 2.75) is 126 Å². The molecule has 10 atom stereocenters. The van der Waals surface area contributed by atoms with Gasteiger partial charge < -0.3 is 14.3 Å². The lowest BCUT2D eigenvalue weighted by molar-refractivity contribution is -0.252. The van der Waals surface area contributed by atoms with Gasteiger partial charge in [0.25, 0.3) is 6.47 Å². The van der Waals surface area contributed by atoms with E-state index in [0.29, 0.717) is 35.3 Å². The fourth-order valence-corrected chi connectivity index (χ4v) is 13.4. The van der Waals surface area contributed by atoms with E-state index in [1.165, 1.54) is 10.4 Å². The number of hydrogen-bond donors (Lipinski definition) is 0. The second-order valence-electron chi connectivity index (χ2n) is 19.2. The first-order valence-electron chi connectivity index (χ1n) is 19.4. The summed E-state index contributed by atoms with van der Waals surface area (Å²) in [5.74, 6) is 1.33. The number of aromatic nitrogens is 3. The summed E-state index contributed by atoms with van der Waals surface area (Å²) in [5.41, 5.74) is 1.20. The van der Waals surface area contributed by atoms with Crippen LogP contribution in [0.15, 0.2) is 36.4 Å². The van der Waals surface area contributed by atoms with Crippen LogP contribution in [0.3, 0.4) is 0 Å². The fraction of sp³-hybridized carbons (Fsp3) is 0.738. The van der Waals surface area contributed by atoms with Gasteiger partial charge in [-0.1, -0.05) is 63.7 Å². The molecule has 1 heterocycles. The van der Waals surface area contributed by atoms with Crippen LogP contribution in [0.4, 0.5) is 0 Å². The minimum atomic E-state index is -0.899. The molecule has 278 valence electrons. The summed E-state index contributed by atoms with van der Waals surface area (Å²) in [5, 5.41) is 8.46. The van der Waals surface area contributed by atoms with Crippen LogP contribution in [0.5, 0.6) is 0 Å². The van der Waals surface area contributed by atoms with Gasteiger partial charge in [-0.15, -0.1) is 5.10 Å². The smallest absolute Gasteiger partial charge is 0.341 e. The number of carbonyl (C=O) groups excluding carboxylic acids is 3. The van der Waals surface area contributed by atoms with Crippen LogP contribution in [0.2, 0.25) is 0 Å². The van der Waals surface area contributed by atoms with E-state index in [2.05, 4.69) is 58.4 Å². The first-order valence-corrected chi connectivity index (χ1v) is 19.4.